The van der Waals surface area contributed by atoms with E-state index in [2.05, 4.69) is 16.0 Å². The molecule has 7 nitrogen and oxygen atoms in total. The number of ether oxygens (including phenoxy) is 1. The van der Waals surface area contributed by atoms with E-state index in [1.54, 1.807) is 0 Å². The molecule has 3 rings (SSSR count). The number of hydrogen-bond donors (Lipinski definition) is 3. The van der Waals surface area contributed by atoms with E-state index in [1.807, 2.05) is 80.5 Å². The first-order chi connectivity index (χ1) is 14.9. The standard InChI is InChI=1S/C24H32N4O3/c1-17(18-9-13-21(14-10-18)31-16-23(29)26-20-11-12-20)25-24(30)27-22(15-28(2)3)19-7-5-4-6-8-19/h4-10,13-14,17,20,22H,11-12,15-16H2,1-3H3,(H,26,29)(H2,25,27,30). The van der Waals surface area contributed by atoms with Crippen molar-refractivity contribution in [3.05, 3.63) is 65.7 Å². The maximum atomic E-state index is 12.6. The Bertz CT molecular complexity index is 851. The molecule has 0 spiro atoms. The minimum absolute atomic E-state index is 0.0127. The molecule has 7 heteroatoms. The highest BCUT2D eigenvalue weighted by Gasteiger charge is 2.23. The molecule has 1 aliphatic rings. The van der Waals surface area contributed by atoms with Gasteiger partial charge in [-0.3, -0.25) is 4.79 Å². The van der Waals surface area contributed by atoms with Crippen molar-refractivity contribution in [3.63, 3.8) is 0 Å². The quantitative estimate of drug-likeness (QED) is 0.548. The molecule has 2 unspecified atom stereocenters. The number of likely N-dealkylation sites (N-methyl/N-ethyl adjacent to an activating group) is 1. The molecule has 1 saturated carbocycles. The molecule has 166 valence electrons. The molecular formula is C24H32N4O3. The molecule has 3 amide bonds. The number of carbonyl (C=O) groups excluding carboxylic acids is 2. The largest absolute Gasteiger partial charge is 0.484 e. The first-order valence-corrected chi connectivity index (χ1v) is 10.7. The number of amides is 3. The van der Waals surface area contributed by atoms with Crippen LogP contribution < -0.4 is 20.7 Å². The summed E-state index contributed by atoms with van der Waals surface area (Å²) < 4.78 is 5.53. The maximum Gasteiger partial charge on any atom is 0.315 e. The van der Waals surface area contributed by atoms with Crippen molar-refractivity contribution in [3.8, 4) is 5.75 Å². The molecule has 0 heterocycles. The van der Waals surface area contributed by atoms with Crippen molar-refractivity contribution in [1.29, 1.82) is 0 Å². The zero-order valence-electron chi connectivity index (χ0n) is 18.4. The lowest BCUT2D eigenvalue weighted by Crippen LogP contribution is -2.42. The van der Waals surface area contributed by atoms with E-state index in [0.29, 0.717) is 18.3 Å². The number of nitrogens with zero attached hydrogens (tertiary/aromatic N) is 1. The Morgan fingerprint density at radius 3 is 2.29 bits per heavy atom. The first-order valence-electron chi connectivity index (χ1n) is 10.7. The molecule has 0 bridgehead atoms. The zero-order chi connectivity index (χ0) is 22.2. The SMILES string of the molecule is CC(NC(=O)NC(CN(C)C)c1ccccc1)c1ccc(OCC(=O)NC2CC2)cc1. The van der Waals surface area contributed by atoms with Gasteiger partial charge in [0.1, 0.15) is 5.75 Å². The van der Waals surface area contributed by atoms with Crippen LogP contribution in [0, 0.1) is 0 Å². The van der Waals surface area contributed by atoms with Crippen molar-refractivity contribution in [1.82, 2.24) is 20.9 Å². The van der Waals surface area contributed by atoms with Gasteiger partial charge in [-0.2, -0.15) is 0 Å². The third kappa shape index (κ3) is 7.61. The summed E-state index contributed by atoms with van der Waals surface area (Å²) in [7, 11) is 3.97. The summed E-state index contributed by atoms with van der Waals surface area (Å²) in [6.07, 6.45) is 2.11. The summed E-state index contributed by atoms with van der Waals surface area (Å²) in [5, 5.41) is 8.96. The predicted octanol–water partition coefficient (Wildman–Crippen LogP) is 3.01. The fourth-order valence-corrected chi connectivity index (χ4v) is 3.26. The number of carbonyl (C=O) groups is 2. The minimum Gasteiger partial charge on any atom is -0.484 e. The van der Waals surface area contributed by atoms with Crippen LogP contribution in [-0.4, -0.2) is 50.1 Å². The smallest absolute Gasteiger partial charge is 0.315 e. The highest BCUT2D eigenvalue weighted by Crippen LogP contribution is 2.20. The molecule has 0 aromatic heterocycles. The van der Waals surface area contributed by atoms with Gasteiger partial charge in [-0.25, -0.2) is 4.79 Å². The van der Waals surface area contributed by atoms with Crippen molar-refractivity contribution >= 4 is 11.9 Å². The summed E-state index contributed by atoms with van der Waals surface area (Å²) in [4.78, 5) is 26.4. The number of benzene rings is 2. The van der Waals surface area contributed by atoms with Gasteiger partial charge >= 0.3 is 6.03 Å². The van der Waals surface area contributed by atoms with Gasteiger partial charge in [0.25, 0.3) is 5.91 Å². The topological polar surface area (TPSA) is 82.7 Å². The lowest BCUT2D eigenvalue weighted by Gasteiger charge is -2.24. The summed E-state index contributed by atoms with van der Waals surface area (Å²) in [6, 6.07) is 17.2. The van der Waals surface area contributed by atoms with Crippen LogP contribution in [0.15, 0.2) is 54.6 Å². The van der Waals surface area contributed by atoms with Crippen LogP contribution in [-0.2, 0) is 4.79 Å². The van der Waals surface area contributed by atoms with Crippen LogP contribution in [0.4, 0.5) is 4.79 Å². The third-order valence-corrected chi connectivity index (χ3v) is 5.10. The van der Waals surface area contributed by atoms with E-state index in [4.69, 9.17) is 4.74 Å². The van der Waals surface area contributed by atoms with E-state index in [1.165, 1.54) is 0 Å². The van der Waals surface area contributed by atoms with Crippen molar-refractivity contribution < 1.29 is 14.3 Å². The molecule has 2 aromatic rings. The fourth-order valence-electron chi connectivity index (χ4n) is 3.26. The Labute approximate surface area is 184 Å². The van der Waals surface area contributed by atoms with Gasteiger partial charge in [-0.1, -0.05) is 42.5 Å². The van der Waals surface area contributed by atoms with Crippen LogP contribution in [0.5, 0.6) is 5.75 Å². The Morgan fingerprint density at radius 2 is 1.68 bits per heavy atom. The molecule has 0 radical (unpaired) electrons. The van der Waals surface area contributed by atoms with E-state index in [0.717, 1.165) is 24.0 Å². The van der Waals surface area contributed by atoms with Crippen LogP contribution >= 0.6 is 0 Å². The van der Waals surface area contributed by atoms with Crippen molar-refractivity contribution in [2.24, 2.45) is 0 Å². The van der Waals surface area contributed by atoms with Gasteiger partial charge < -0.3 is 25.6 Å². The summed E-state index contributed by atoms with van der Waals surface area (Å²) in [5.41, 5.74) is 2.01. The molecular weight excluding hydrogens is 392 g/mol. The number of nitrogens with one attached hydrogen (secondary N) is 3. The second-order valence-corrected chi connectivity index (χ2v) is 8.26. The molecule has 2 aromatic carbocycles. The maximum absolute atomic E-state index is 12.6. The molecule has 0 aliphatic heterocycles. The summed E-state index contributed by atoms with van der Waals surface area (Å²) >= 11 is 0. The predicted molar refractivity (Wildman–Crippen MR) is 121 cm³/mol. The number of urea groups is 1. The van der Waals surface area contributed by atoms with Gasteiger partial charge in [0.15, 0.2) is 6.61 Å². The van der Waals surface area contributed by atoms with Crippen LogP contribution in [0.2, 0.25) is 0 Å². The third-order valence-electron chi connectivity index (χ3n) is 5.10. The van der Waals surface area contributed by atoms with Crippen LogP contribution in [0.1, 0.15) is 43.0 Å². The highest BCUT2D eigenvalue weighted by atomic mass is 16.5. The van der Waals surface area contributed by atoms with E-state index in [9.17, 15) is 9.59 Å². The number of hydrogen-bond acceptors (Lipinski definition) is 4. The monoisotopic (exact) mass is 424 g/mol. The Morgan fingerprint density at radius 1 is 1.00 bits per heavy atom. The fraction of sp³-hybridized carbons (Fsp3) is 0.417. The molecule has 3 N–H and O–H groups in total. The van der Waals surface area contributed by atoms with Gasteiger partial charge in [0, 0.05) is 12.6 Å². The molecule has 1 fully saturated rings. The van der Waals surface area contributed by atoms with Crippen LogP contribution in [0.3, 0.4) is 0 Å². The Balaban J connectivity index is 1.50. The highest BCUT2D eigenvalue weighted by molar-refractivity contribution is 5.78. The molecule has 1 aliphatic carbocycles. The van der Waals surface area contributed by atoms with Crippen molar-refractivity contribution in [2.75, 3.05) is 27.2 Å². The second kappa shape index (κ2) is 10.8. The average molecular weight is 425 g/mol. The molecule has 2 atom stereocenters. The minimum atomic E-state index is -0.222. The van der Waals surface area contributed by atoms with Gasteiger partial charge in [-0.15, -0.1) is 0 Å². The zero-order valence-corrected chi connectivity index (χ0v) is 18.4. The Hall–Kier alpha value is -3.06. The first kappa shape index (κ1) is 22.6. The lowest BCUT2D eigenvalue weighted by molar-refractivity contribution is -0.123. The molecule has 31 heavy (non-hydrogen) atoms. The van der Waals surface area contributed by atoms with E-state index in [-0.39, 0.29) is 30.6 Å². The summed E-state index contributed by atoms with van der Waals surface area (Å²) in [5.74, 6) is 0.533. The second-order valence-electron chi connectivity index (χ2n) is 8.26. The van der Waals surface area contributed by atoms with Crippen molar-refractivity contribution in [2.45, 2.75) is 37.9 Å². The Kier molecular flexibility index (Phi) is 7.89. The van der Waals surface area contributed by atoms with E-state index < -0.39 is 0 Å². The van der Waals surface area contributed by atoms with Crippen LogP contribution in [0.25, 0.3) is 0 Å². The van der Waals surface area contributed by atoms with Gasteiger partial charge in [0.05, 0.1) is 12.1 Å². The van der Waals surface area contributed by atoms with Gasteiger partial charge in [-0.05, 0) is 57.1 Å². The lowest BCUT2D eigenvalue weighted by atomic mass is 10.1. The number of rotatable bonds is 10. The normalized spacial score (nSPS) is 15.1. The average Bonchev–Trinajstić information content (AvgIpc) is 3.56. The van der Waals surface area contributed by atoms with Gasteiger partial charge in [0.2, 0.25) is 0 Å². The van der Waals surface area contributed by atoms with E-state index >= 15 is 0 Å². The summed E-state index contributed by atoms with van der Waals surface area (Å²) in [6.45, 7) is 2.65. The molecule has 0 saturated heterocycles.